The van der Waals surface area contributed by atoms with Gasteiger partial charge in [0, 0.05) is 31.3 Å². The van der Waals surface area contributed by atoms with Crippen molar-refractivity contribution in [3.63, 3.8) is 0 Å². The summed E-state index contributed by atoms with van der Waals surface area (Å²) in [7, 11) is 1.64. The Morgan fingerprint density at radius 1 is 1.13 bits per heavy atom. The molecule has 0 aromatic carbocycles. The Kier molecular flexibility index (Phi) is 9.00. The van der Waals surface area contributed by atoms with Crippen LogP contribution in [0.15, 0.2) is 16.6 Å². The molecule has 5 rings (SSSR count). The Balaban J connectivity index is 1.53. The summed E-state index contributed by atoms with van der Waals surface area (Å²) in [6.07, 6.45) is 7.08. The zero-order valence-corrected chi connectivity index (χ0v) is 29.2. The van der Waals surface area contributed by atoms with Crippen molar-refractivity contribution >= 4 is 17.9 Å². The first-order valence-corrected chi connectivity index (χ1v) is 17.3. The predicted octanol–water partition coefficient (Wildman–Crippen LogP) is 5.43. The lowest BCUT2D eigenvalue weighted by Gasteiger charge is -2.71. The quantitative estimate of drug-likeness (QED) is 0.107. The molecule has 0 aromatic heterocycles. The lowest BCUT2D eigenvalue weighted by atomic mass is 9.34. The van der Waals surface area contributed by atoms with Crippen molar-refractivity contribution in [3.05, 3.63) is 11.6 Å². The van der Waals surface area contributed by atoms with Gasteiger partial charge in [-0.15, -0.1) is 0 Å². The molecule has 0 aromatic rings. The van der Waals surface area contributed by atoms with Crippen LogP contribution in [0.3, 0.4) is 0 Å². The van der Waals surface area contributed by atoms with E-state index < -0.39 is 18.0 Å². The first-order valence-electron chi connectivity index (χ1n) is 17.3. The van der Waals surface area contributed by atoms with Crippen LogP contribution in [0.4, 0.5) is 0 Å². The van der Waals surface area contributed by atoms with E-state index in [1.165, 1.54) is 12.5 Å². The Labute approximate surface area is 270 Å². The summed E-state index contributed by atoms with van der Waals surface area (Å²) < 4.78 is 19.2. The fourth-order valence-corrected chi connectivity index (χ4v) is 11.6. The number of hydrogen-bond acceptors (Lipinski definition) is 6. The highest BCUT2D eigenvalue weighted by Crippen LogP contribution is 2.75. The fraction of sp³-hybridized carbons (Fsp3) is 0.861. The first kappa shape index (κ1) is 34.2. The summed E-state index contributed by atoms with van der Waals surface area (Å²) in [5.41, 5.74) is 5.81. The molecule has 3 saturated carbocycles. The summed E-state index contributed by atoms with van der Waals surface area (Å²) in [6.45, 7) is 19.5. The van der Waals surface area contributed by atoms with E-state index >= 15 is 0 Å². The second-order valence-electron chi connectivity index (χ2n) is 16.5. The summed E-state index contributed by atoms with van der Waals surface area (Å²) in [4.78, 5) is 29.8. The maximum absolute atomic E-state index is 13.3. The molecule has 1 saturated heterocycles. The number of carboxylic acid groups (broad SMARTS) is 1. The molecule has 0 radical (unpaired) electrons. The maximum atomic E-state index is 13.3. The molecule has 11 atom stereocenters. The fourth-order valence-electron chi connectivity index (χ4n) is 11.6. The summed E-state index contributed by atoms with van der Waals surface area (Å²) in [6, 6.07) is 0. The molecule has 254 valence electrons. The molecule has 9 heteroatoms. The van der Waals surface area contributed by atoms with Gasteiger partial charge >= 0.3 is 11.9 Å². The number of carboxylic acids is 1. The van der Waals surface area contributed by atoms with Crippen LogP contribution in [0, 0.1) is 56.7 Å². The number of aliphatic carboxylic acids is 1. The van der Waals surface area contributed by atoms with Gasteiger partial charge in [-0.3, -0.25) is 14.6 Å². The monoisotopic (exact) mass is 629 g/mol. The number of carbonyl (C=O) groups is 2. The smallest absolute Gasteiger partial charge is 0.307 e. The second kappa shape index (κ2) is 11.8. The van der Waals surface area contributed by atoms with E-state index in [2.05, 4.69) is 64.9 Å². The standard InChI is InChI=1S/C36H59N3O6/c1-21(2)22(3)32(5)14-15-34(7)24-10-11-27-33(6)19-43-20-36(27,25(24)12-13-35(34,8)28(32)30(41)42)18-26(45-23(4)40)29(33)44-17-16-39-31(37)38-9/h12,21-22,24,26-29H,10-11,13-20H2,1-9H3,(H,41,42)(H3,37,38,39)/t22-,24+,26-,27+,28-,29+,32-,33-,34-,35+,36+/m1/s1. The largest absolute Gasteiger partial charge is 0.481 e. The number of guanidine groups is 1. The maximum Gasteiger partial charge on any atom is 0.307 e. The van der Waals surface area contributed by atoms with Gasteiger partial charge in [0.05, 0.1) is 25.7 Å². The Hall–Kier alpha value is -2.13. The lowest BCUT2D eigenvalue weighted by molar-refractivity contribution is -0.266. The zero-order valence-electron chi connectivity index (χ0n) is 29.2. The number of nitrogens with one attached hydrogen (secondary N) is 1. The molecular formula is C36H59N3O6. The number of rotatable bonds is 8. The van der Waals surface area contributed by atoms with Crippen molar-refractivity contribution in [2.24, 2.45) is 67.4 Å². The van der Waals surface area contributed by atoms with Crippen LogP contribution in [0.1, 0.15) is 93.9 Å². The molecule has 5 aliphatic rings. The Bertz CT molecular complexity index is 1240. The number of ether oxygens (including phenoxy) is 3. The summed E-state index contributed by atoms with van der Waals surface area (Å²) in [5, 5.41) is 14.0. The molecule has 4 aliphatic carbocycles. The van der Waals surface area contributed by atoms with Gasteiger partial charge in [-0.25, -0.2) is 0 Å². The topological polar surface area (TPSA) is 132 Å². The van der Waals surface area contributed by atoms with Crippen molar-refractivity contribution in [1.82, 2.24) is 5.32 Å². The number of nitrogens with zero attached hydrogens (tertiary/aromatic N) is 1. The van der Waals surface area contributed by atoms with E-state index in [0.29, 0.717) is 56.5 Å². The van der Waals surface area contributed by atoms with Crippen molar-refractivity contribution in [2.75, 3.05) is 33.4 Å². The average molecular weight is 630 g/mol. The van der Waals surface area contributed by atoms with E-state index in [1.54, 1.807) is 7.05 Å². The van der Waals surface area contributed by atoms with Gasteiger partial charge in [-0.1, -0.05) is 60.1 Å². The van der Waals surface area contributed by atoms with Gasteiger partial charge in [0.25, 0.3) is 0 Å². The minimum Gasteiger partial charge on any atom is -0.481 e. The normalized spacial score (nSPS) is 45.0. The van der Waals surface area contributed by atoms with Crippen LogP contribution in [0.25, 0.3) is 0 Å². The van der Waals surface area contributed by atoms with Crippen LogP contribution in [-0.4, -0.2) is 68.6 Å². The molecule has 0 amide bonds. The number of esters is 1. The minimum absolute atomic E-state index is 0.166. The Morgan fingerprint density at radius 2 is 1.84 bits per heavy atom. The number of allylic oxidation sites excluding steroid dienone is 1. The highest BCUT2D eigenvalue weighted by molar-refractivity contribution is 5.77. The predicted molar refractivity (Wildman–Crippen MR) is 174 cm³/mol. The molecule has 45 heavy (non-hydrogen) atoms. The van der Waals surface area contributed by atoms with Gasteiger partial charge < -0.3 is 30.4 Å². The third-order valence-corrected chi connectivity index (χ3v) is 14.3. The number of hydrogen-bond donors (Lipinski definition) is 3. The van der Waals surface area contributed by atoms with Crippen LogP contribution in [-0.2, 0) is 23.8 Å². The van der Waals surface area contributed by atoms with Crippen LogP contribution in [0.2, 0.25) is 0 Å². The zero-order chi connectivity index (χ0) is 33.2. The SMILES string of the molecule is CN=C(N)NCCO[C@H]1[C@H](OC(C)=O)C[C@@]23COC[C@]1(C)[C@@H]2CC[C@H]1C3=CC[C@@]2(C)[C@H](C(=O)O)[C@@](C)([C@H](C)C(C)C)CC[C@]12C. The third kappa shape index (κ3) is 5.04. The molecule has 9 nitrogen and oxygen atoms in total. The number of fused-ring (bicyclic) bond motifs is 3. The molecule has 1 aliphatic heterocycles. The van der Waals surface area contributed by atoms with Crippen LogP contribution < -0.4 is 11.1 Å². The van der Waals surface area contributed by atoms with Gasteiger partial charge in [0.2, 0.25) is 0 Å². The van der Waals surface area contributed by atoms with Gasteiger partial charge in [0.1, 0.15) is 12.2 Å². The van der Waals surface area contributed by atoms with Gasteiger partial charge in [0.15, 0.2) is 5.96 Å². The molecule has 0 unspecified atom stereocenters. The third-order valence-electron chi connectivity index (χ3n) is 14.3. The van der Waals surface area contributed by atoms with E-state index in [0.717, 1.165) is 32.1 Å². The van der Waals surface area contributed by atoms with Crippen LogP contribution >= 0.6 is 0 Å². The van der Waals surface area contributed by atoms with Crippen molar-refractivity contribution in [1.29, 1.82) is 0 Å². The molecule has 2 bridgehead atoms. The highest BCUT2D eigenvalue weighted by atomic mass is 16.6. The molecule has 4 N–H and O–H groups in total. The Morgan fingerprint density at radius 3 is 2.47 bits per heavy atom. The summed E-state index contributed by atoms with van der Waals surface area (Å²) >= 11 is 0. The minimum atomic E-state index is -0.648. The first-order chi connectivity index (χ1) is 21.0. The molecule has 0 spiro atoms. The molecule has 1 heterocycles. The van der Waals surface area contributed by atoms with Crippen molar-refractivity contribution in [3.8, 4) is 0 Å². The second-order valence-corrected chi connectivity index (χ2v) is 16.5. The van der Waals surface area contributed by atoms with E-state index in [1.807, 2.05) is 0 Å². The lowest BCUT2D eigenvalue weighted by Crippen LogP contribution is -2.70. The number of carbonyl (C=O) groups excluding carboxylic acids is 1. The average Bonchev–Trinajstić information content (AvgIpc) is 2.95. The van der Waals surface area contributed by atoms with E-state index in [-0.39, 0.29) is 45.1 Å². The van der Waals surface area contributed by atoms with Crippen LogP contribution in [0.5, 0.6) is 0 Å². The molecule has 4 fully saturated rings. The van der Waals surface area contributed by atoms with E-state index in [4.69, 9.17) is 19.9 Å². The number of aliphatic imine (C=N–C) groups is 1. The van der Waals surface area contributed by atoms with E-state index in [9.17, 15) is 14.7 Å². The summed E-state index contributed by atoms with van der Waals surface area (Å²) in [5.74, 6) is 0.264. The van der Waals surface area contributed by atoms with Gasteiger partial charge in [-0.05, 0) is 78.4 Å². The molecular weight excluding hydrogens is 570 g/mol. The number of nitrogens with two attached hydrogens (primary N) is 1. The van der Waals surface area contributed by atoms with Crippen molar-refractivity contribution in [2.45, 2.75) is 106 Å². The highest BCUT2D eigenvalue weighted by Gasteiger charge is 2.72. The van der Waals surface area contributed by atoms with Gasteiger partial charge in [-0.2, -0.15) is 0 Å². The van der Waals surface area contributed by atoms with Crippen molar-refractivity contribution < 1.29 is 28.9 Å².